The fraction of sp³-hybridized carbons (Fsp3) is 0.510. The van der Waals surface area contributed by atoms with Crippen LogP contribution in [-0.4, -0.2) is 143 Å². The number of aliphatic hydroxyl groups excluding tert-OH is 1. The molecule has 22 nitrogen and oxygen atoms in total. The molecule has 0 atom stereocenters. The molecular weight excluding hydrogens is 1750 g/mol. The highest BCUT2D eigenvalue weighted by atomic mass is 32.1. The Morgan fingerprint density at radius 3 is 1.05 bits per heavy atom. The highest BCUT2D eigenvalue weighted by Crippen LogP contribution is 2.43. The second kappa shape index (κ2) is 46.8. The SMILES string of the molecule is COC(=O)c1sc(C#CC(C)(C)C)cc1N.COC(=O)c1sc(C#CC(C)(C)C)cc1N(C(=O)c1ccc(C)cc1C)C1CCC(=O)CC1.COC(=O)c1sc(C#CC(C)(C)C)cc1N(C(=O)c1ccc(C)cc1C)C1CCC(O)CC1.COC(=O)c1sc(C#CC(C)(C)C)cc1NC1CCC(=O)CC1.COC(=O)c1sc(C#CC(C)(C)C)cc1NC1CCC2(CC1)OCCO2. The number of nitrogens with zero attached hydrogens (tertiary/aromatic N) is 2. The number of amides is 2. The van der Waals surface area contributed by atoms with Gasteiger partial charge in [0.15, 0.2) is 5.79 Å². The number of Topliss-reactive ketones (excluding diaryl/α,β-unsaturated/α-hetero) is 2. The first-order chi connectivity index (χ1) is 61.4. The fourth-order valence-corrected chi connectivity index (χ4v) is 19.1. The number of aliphatic hydroxyl groups is 1. The highest BCUT2D eigenvalue weighted by molar-refractivity contribution is 7.16. The van der Waals surface area contributed by atoms with Crippen molar-refractivity contribution in [1.29, 1.82) is 0 Å². The highest BCUT2D eigenvalue weighted by Gasteiger charge is 2.42. The number of carbonyl (C=O) groups excluding carboxylic acids is 9. The number of aryl methyl sites for hydroxylation is 4. The van der Waals surface area contributed by atoms with Crippen molar-refractivity contribution in [2.75, 3.05) is 74.9 Å². The van der Waals surface area contributed by atoms with E-state index in [2.05, 4.69) is 95.3 Å². The van der Waals surface area contributed by atoms with E-state index in [-0.39, 0.29) is 92.7 Å². The molecule has 4 aliphatic carbocycles. The van der Waals surface area contributed by atoms with Gasteiger partial charge in [-0.3, -0.25) is 19.2 Å². The van der Waals surface area contributed by atoms with Crippen molar-refractivity contribution in [3.63, 3.8) is 0 Å². The predicted molar refractivity (Wildman–Crippen MR) is 527 cm³/mol. The summed E-state index contributed by atoms with van der Waals surface area (Å²) in [4.78, 5) is 122. The van der Waals surface area contributed by atoms with Gasteiger partial charge >= 0.3 is 29.8 Å². The van der Waals surface area contributed by atoms with Crippen LogP contribution in [0.3, 0.4) is 0 Å². The molecule has 5 fully saturated rings. The van der Waals surface area contributed by atoms with E-state index in [1.807, 2.05) is 171 Å². The number of nitrogen functional groups attached to an aromatic ring is 1. The molecule has 2 aromatic carbocycles. The van der Waals surface area contributed by atoms with Gasteiger partial charge in [0.2, 0.25) is 0 Å². The van der Waals surface area contributed by atoms with Gasteiger partial charge in [-0.15, -0.1) is 56.7 Å². The minimum Gasteiger partial charge on any atom is -0.465 e. The smallest absolute Gasteiger partial charge is 0.350 e. The molecule has 5 N–H and O–H groups in total. The molecule has 27 heteroatoms. The minimum atomic E-state index is -0.496. The first-order valence-corrected chi connectivity index (χ1v) is 48.4. The van der Waals surface area contributed by atoms with E-state index in [1.165, 1.54) is 92.2 Å². The summed E-state index contributed by atoms with van der Waals surface area (Å²) in [6.45, 7) is 39.8. The molecule has 0 radical (unpaired) electrons. The first-order valence-electron chi connectivity index (χ1n) is 44.3. The summed E-state index contributed by atoms with van der Waals surface area (Å²) in [5.74, 6) is 29.3. The molecule has 1 spiro atoms. The molecule has 5 aliphatic rings. The minimum absolute atomic E-state index is 0.0653. The van der Waals surface area contributed by atoms with Crippen LogP contribution in [-0.2, 0) is 42.7 Å². The summed E-state index contributed by atoms with van der Waals surface area (Å²) in [5.41, 5.74) is 13.2. The Morgan fingerprint density at radius 2 is 0.702 bits per heavy atom. The molecule has 702 valence electrons. The number of ether oxygens (including phenoxy) is 7. The number of nitrogens with one attached hydrogen (secondary N) is 2. The van der Waals surface area contributed by atoms with Gasteiger partial charge in [-0.2, -0.15) is 0 Å². The van der Waals surface area contributed by atoms with Crippen LogP contribution in [0.15, 0.2) is 66.7 Å². The van der Waals surface area contributed by atoms with Crippen molar-refractivity contribution in [2.45, 2.75) is 270 Å². The molecule has 1 aliphatic heterocycles. The molecule has 4 saturated carbocycles. The average Bonchev–Trinajstić information content (AvgIpc) is 1.66. The third-order valence-corrected chi connectivity index (χ3v) is 26.4. The van der Waals surface area contributed by atoms with Gasteiger partial charge in [-0.05, 0) is 249 Å². The number of esters is 5. The maximum absolute atomic E-state index is 13.9. The lowest BCUT2D eigenvalue weighted by Gasteiger charge is -2.36. The number of nitrogens with two attached hydrogens (primary N) is 1. The van der Waals surface area contributed by atoms with E-state index in [4.69, 9.17) is 34.2 Å². The zero-order chi connectivity index (χ0) is 96.8. The van der Waals surface area contributed by atoms with Crippen molar-refractivity contribution >= 4 is 138 Å². The van der Waals surface area contributed by atoms with Gasteiger partial charge in [0, 0.05) is 101 Å². The number of anilines is 5. The number of hydrogen-bond acceptors (Lipinski definition) is 25. The third-order valence-electron chi connectivity index (χ3n) is 21.2. The van der Waals surface area contributed by atoms with E-state index in [0.29, 0.717) is 141 Å². The number of benzene rings is 2. The van der Waals surface area contributed by atoms with Crippen LogP contribution in [0.2, 0.25) is 0 Å². The number of thiophene rings is 5. The van der Waals surface area contributed by atoms with Gasteiger partial charge in [0.1, 0.15) is 36.0 Å². The van der Waals surface area contributed by atoms with Gasteiger partial charge in [-0.25, -0.2) is 24.0 Å². The largest absolute Gasteiger partial charge is 0.465 e. The number of methoxy groups -OCH3 is 5. The van der Waals surface area contributed by atoms with Crippen LogP contribution in [0.1, 0.15) is 322 Å². The normalized spacial score (nSPS) is 16.2. The topological polar surface area (TPSA) is 295 Å². The Kier molecular flexibility index (Phi) is 37.9. The van der Waals surface area contributed by atoms with Crippen molar-refractivity contribution in [3.05, 3.63) is 149 Å². The van der Waals surface area contributed by atoms with Crippen LogP contribution in [0, 0.1) is 114 Å². The Balaban J connectivity index is 0.000000206. The van der Waals surface area contributed by atoms with Crippen LogP contribution >= 0.6 is 56.7 Å². The maximum Gasteiger partial charge on any atom is 0.350 e. The maximum atomic E-state index is 13.9. The second-order valence-electron chi connectivity index (χ2n) is 38.4. The average molecular weight is 1880 g/mol. The molecule has 131 heavy (non-hydrogen) atoms. The van der Waals surface area contributed by atoms with E-state index < -0.39 is 17.9 Å². The second-order valence-corrected chi connectivity index (χ2v) is 43.7. The predicted octanol–water partition coefficient (Wildman–Crippen LogP) is 21.6. The Bertz CT molecular complexity index is 5600. The number of carbonyl (C=O) groups is 9. The van der Waals surface area contributed by atoms with Crippen molar-refractivity contribution in [1.82, 2.24) is 0 Å². The number of hydrogen-bond donors (Lipinski definition) is 4. The van der Waals surface area contributed by atoms with Gasteiger partial charge < -0.3 is 64.4 Å². The molecule has 7 aromatic rings. The molecule has 1 saturated heterocycles. The van der Waals surface area contributed by atoms with Crippen molar-refractivity contribution in [3.8, 4) is 59.2 Å². The van der Waals surface area contributed by atoms with Crippen molar-refractivity contribution in [2.24, 2.45) is 27.1 Å². The fourth-order valence-electron chi connectivity index (χ4n) is 14.6. The zero-order valence-corrected chi connectivity index (χ0v) is 84.5. The van der Waals surface area contributed by atoms with E-state index >= 15 is 0 Å². The van der Waals surface area contributed by atoms with Crippen molar-refractivity contribution < 1.29 is 81.4 Å². The third kappa shape index (κ3) is 32.2. The summed E-state index contributed by atoms with van der Waals surface area (Å²) < 4.78 is 36.1. The summed E-state index contributed by atoms with van der Waals surface area (Å²) in [5, 5.41) is 17.0. The van der Waals surface area contributed by atoms with Crippen LogP contribution in [0.4, 0.5) is 28.4 Å². The molecule has 0 unspecified atom stereocenters. The van der Waals surface area contributed by atoms with Crippen LogP contribution < -0.4 is 26.2 Å². The lowest BCUT2D eigenvalue weighted by Crippen LogP contribution is -2.44. The Hall–Kier alpha value is -10.4. The Labute approximate surface area is 794 Å². The summed E-state index contributed by atoms with van der Waals surface area (Å²) in [6, 6.07) is 20.9. The van der Waals surface area contributed by atoms with E-state index in [0.717, 1.165) is 91.7 Å². The molecule has 0 bridgehead atoms. The summed E-state index contributed by atoms with van der Waals surface area (Å²) in [7, 11) is 6.81. The summed E-state index contributed by atoms with van der Waals surface area (Å²) in [6.07, 6.45) is 10.6. The van der Waals surface area contributed by atoms with Gasteiger partial charge in [0.25, 0.3) is 11.8 Å². The molecule has 6 heterocycles. The van der Waals surface area contributed by atoms with Gasteiger partial charge in [0.05, 0.1) is 108 Å². The van der Waals surface area contributed by atoms with Crippen LogP contribution in [0.5, 0.6) is 0 Å². The summed E-state index contributed by atoms with van der Waals surface area (Å²) >= 11 is 6.47. The number of ketones is 2. The quantitative estimate of drug-likeness (QED) is 0.0421. The van der Waals surface area contributed by atoms with E-state index in [9.17, 15) is 48.3 Å². The first kappa shape index (κ1) is 106. The Morgan fingerprint density at radius 1 is 0.405 bits per heavy atom. The molecule has 2 amide bonds. The van der Waals surface area contributed by atoms with Crippen LogP contribution in [0.25, 0.3) is 0 Å². The molecular formula is C104H129N5O17S5. The van der Waals surface area contributed by atoms with Gasteiger partial charge in [-0.1, -0.05) is 94.6 Å². The zero-order valence-electron chi connectivity index (χ0n) is 80.5. The molecule has 5 aromatic heterocycles. The van der Waals surface area contributed by atoms with E-state index in [1.54, 1.807) is 15.9 Å². The molecule has 12 rings (SSSR count). The monoisotopic (exact) mass is 1880 g/mol. The lowest BCUT2D eigenvalue weighted by molar-refractivity contribution is -0.177. The lowest BCUT2D eigenvalue weighted by atomic mass is 9.90. The standard InChI is InChI=1S/C27H33NO4S.C27H31NO4S.C20H27NO4S.C18H23NO3S.C12H15NO2S/c2*1-17-7-12-22(18(2)15-17)25(30)28(19-8-10-20(29)11-9-19)23-16-21(13-14-27(3,4)5)33-24(23)26(31)32-6;1-19(2,3)8-7-15-13-16(17(26-15)18(22)23-4)21-14-5-9-20(10-6-14)24-11-12-25-20;1-18(2,3)10-9-14-11-15(16(23-14)17(21)22-4)19-12-5-7-13(20)8-6-12;1-12(2,3)6-5-8-7-9(13)10(16-8)11(14)15-4/h7,12,15-16,19-20,29H,8-11H2,1-6H3;7,12,15-16,19H,8-11H2,1-6H3;13-14,21H,5-6,9-12H2,1-4H3;11-12,19H,5-8H2,1-4H3;7H,13H2,1-4H3. The number of rotatable bonds is 15.